The molecule has 1 aromatic heterocycles. The molecule has 0 radical (unpaired) electrons. The number of hydrogen-bond acceptors (Lipinski definition) is 6. The molecule has 0 saturated heterocycles. The van der Waals surface area contributed by atoms with E-state index in [-0.39, 0.29) is 11.4 Å². The first kappa shape index (κ1) is 13.9. The van der Waals surface area contributed by atoms with E-state index in [9.17, 15) is 9.59 Å². The summed E-state index contributed by atoms with van der Waals surface area (Å²) in [4.78, 5) is 29.5. The molecule has 0 aliphatic heterocycles. The van der Waals surface area contributed by atoms with Gasteiger partial charge in [0.1, 0.15) is 17.8 Å². The average Bonchev–Trinajstić information content (AvgIpc) is 2.34. The topological polar surface area (TPSA) is 116 Å². The van der Waals surface area contributed by atoms with Gasteiger partial charge in [-0.25, -0.2) is 14.8 Å². The lowest BCUT2D eigenvalue weighted by atomic mass is 10.3. The maximum absolute atomic E-state index is 10.9. The fourth-order valence-corrected chi connectivity index (χ4v) is 1.89. The molecule has 1 heterocycles. The predicted octanol–water partition coefficient (Wildman–Crippen LogP) is 0.0297. The summed E-state index contributed by atoms with van der Waals surface area (Å²) < 4.78 is 0. The van der Waals surface area contributed by atoms with Gasteiger partial charge in [0.2, 0.25) is 5.91 Å². The van der Waals surface area contributed by atoms with Crippen LogP contribution in [0.2, 0.25) is 0 Å². The number of aliphatic carboxylic acids is 1. The van der Waals surface area contributed by atoms with Crippen molar-refractivity contribution in [3.63, 3.8) is 0 Å². The molecule has 0 bridgehead atoms. The quantitative estimate of drug-likeness (QED) is 0.570. The zero-order valence-electron chi connectivity index (χ0n) is 9.45. The normalized spacial score (nSPS) is 11.3. The standard InChI is InChI=1S/C10H10N4O3S/c1-6(15)13-8(9(16)17)5-18-10-12-3-2-7(4-11)14-10/h2-3,8H,5H2,1H3,(H,13,15)(H,16,17). The van der Waals surface area contributed by atoms with Crippen molar-refractivity contribution in [2.75, 3.05) is 5.75 Å². The van der Waals surface area contributed by atoms with Gasteiger partial charge in [-0.05, 0) is 6.07 Å². The third-order valence-electron chi connectivity index (χ3n) is 1.80. The van der Waals surface area contributed by atoms with Gasteiger partial charge in [0.05, 0.1) is 0 Å². The van der Waals surface area contributed by atoms with E-state index in [4.69, 9.17) is 10.4 Å². The summed E-state index contributed by atoms with van der Waals surface area (Å²) in [6.45, 7) is 1.24. The number of nitrogens with one attached hydrogen (secondary N) is 1. The minimum absolute atomic E-state index is 0.0871. The molecule has 0 aliphatic carbocycles. The van der Waals surface area contributed by atoms with Crippen LogP contribution in [0, 0.1) is 11.3 Å². The molecule has 0 spiro atoms. The van der Waals surface area contributed by atoms with Gasteiger partial charge in [0.25, 0.3) is 0 Å². The van der Waals surface area contributed by atoms with Gasteiger partial charge in [0, 0.05) is 18.9 Å². The van der Waals surface area contributed by atoms with E-state index in [1.54, 1.807) is 0 Å². The molecular weight excluding hydrogens is 256 g/mol. The van der Waals surface area contributed by atoms with Crippen molar-refractivity contribution >= 4 is 23.6 Å². The molecule has 0 saturated carbocycles. The van der Waals surface area contributed by atoms with Gasteiger partial charge < -0.3 is 10.4 Å². The van der Waals surface area contributed by atoms with E-state index in [1.165, 1.54) is 19.2 Å². The van der Waals surface area contributed by atoms with Crippen molar-refractivity contribution in [3.8, 4) is 6.07 Å². The second-order valence-electron chi connectivity index (χ2n) is 3.24. The molecule has 1 amide bonds. The van der Waals surface area contributed by atoms with Gasteiger partial charge in [-0.1, -0.05) is 11.8 Å². The summed E-state index contributed by atoms with van der Waals surface area (Å²) in [5.74, 6) is -1.46. The van der Waals surface area contributed by atoms with Gasteiger partial charge >= 0.3 is 5.97 Å². The van der Waals surface area contributed by atoms with Crippen LogP contribution in [0.3, 0.4) is 0 Å². The number of carboxylic acids is 1. The molecule has 1 rings (SSSR count). The smallest absolute Gasteiger partial charge is 0.327 e. The highest BCUT2D eigenvalue weighted by molar-refractivity contribution is 7.99. The minimum Gasteiger partial charge on any atom is -0.480 e. The number of carboxylic acid groups (broad SMARTS) is 1. The molecule has 0 fully saturated rings. The number of rotatable bonds is 5. The average molecular weight is 266 g/mol. The van der Waals surface area contributed by atoms with Gasteiger partial charge in [-0.3, -0.25) is 4.79 Å². The molecule has 1 aromatic rings. The number of carbonyl (C=O) groups is 2. The highest BCUT2D eigenvalue weighted by Gasteiger charge is 2.19. The molecular formula is C10H10N4O3S. The summed E-state index contributed by atoms with van der Waals surface area (Å²) in [6, 6.07) is 2.30. The van der Waals surface area contributed by atoms with Crippen molar-refractivity contribution in [2.45, 2.75) is 18.1 Å². The van der Waals surface area contributed by atoms with Gasteiger partial charge in [-0.2, -0.15) is 5.26 Å². The van der Waals surface area contributed by atoms with E-state index in [0.29, 0.717) is 5.16 Å². The number of hydrogen-bond donors (Lipinski definition) is 2. The Hall–Kier alpha value is -2.14. The summed E-state index contributed by atoms with van der Waals surface area (Å²) in [5, 5.41) is 20.1. The first-order valence-corrected chi connectivity index (χ1v) is 5.87. The maximum Gasteiger partial charge on any atom is 0.327 e. The first-order chi connectivity index (χ1) is 8.52. The first-order valence-electron chi connectivity index (χ1n) is 4.88. The SMILES string of the molecule is CC(=O)NC(CSc1nccc(C#N)n1)C(=O)O. The van der Waals surface area contributed by atoms with Crippen molar-refractivity contribution in [1.82, 2.24) is 15.3 Å². The van der Waals surface area contributed by atoms with Crippen LogP contribution in [-0.4, -0.2) is 38.7 Å². The molecule has 0 aliphatic rings. The molecule has 18 heavy (non-hydrogen) atoms. The third-order valence-corrected chi connectivity index (χ3v) is 2.76. The van der Waals surface area contributed by atoms with Crippen LogP contribution in [-0.2, 0) is 9.59 Å². The molecule has 0 aromatic carbocycles. The number of aromatic nitrogens is 2. The monoisotopic (exact) mass is 266 g/mol. The molecule has 1 unspecified atom stereocenters. The maximum atomic E-state index is 10.9. The number of amides is 1. The van der Waals surface area contributed by atoms with E-state index in [2.05, 4.69) is 15.3 Å². The summed E-state index contributed by atoms with van der Waals surface area (Å²) in [5.41, 5.74) is 0.207. The lowest BCUT2D eigenvalue weighted by Gasteiger charge is -2.11. The van der Waals surface area contributed by atoms with E-state index in [0.717, 1.165) is 11.8 Å². The zero-order chi connectivity index (χ0) is 13.5. The van der Waals surface area contributed by atoms with Crippen molar-refractivity contribution in [2.24, 2.45) is 0 Å². The fraction of sp³-hybridized carbons (Fsp3) is 0.300. The third kappa shape index (κ3) is 4.39. The number of nitrogens with zero attached hydrogens (tertiary/aromatic N) is 3. The summed E-state index contributed by atoms with van der Waals surface area (Å²) in [7, 11) is 0. The Labute approximate surface area is 107 Å². The van der Waals surface area contributed by atoms with Crippen LogP contribution in [0.15, 0.2) is 17.4 Å². The van der Waals surface area contributed by atoms with Crippen molar-refractivity contribution < 1.29 is 14.7 Å². The summed E-state index contributed by atoms with van der Waals surface area (Å²) >= 11 is 1.06. The Bertz CT molecular complexity index is 500. The van der Waals surface area contributed by atoms with Gasteiger partial charge in [0.15, 0.2) is 5.16 Å². The summed E-state index contributed by atoms with van der Waals surface area (Å²) in [6.07, 6.45) is 1.42. The second kappa shape index (κ2) is 6.56. The number of nitriles is 1. The van der Waals surface area contributed by atoms with E-state index < -0.39 is 17.9 Å². The van der Waals surface area contributed by atoms with Crippen molar-refractivity contribution in [1.29, 1.82) is 5.26 Å². The van der Waals surface area contributed by atoms with Crippen LogP contribution in [0.5, 0.6) is 0 Å². The molecule has 7 nitrogen and oxygen atoms in total. The Balaban J connectivity index is 2.64. The van der Waals surface area contributed by atoms with Crippen LogP contribution >= 0.6 is 11.8 Å². The Morgan fingerprint density at radius 3 is 2.94 bits per heavy atom. The van der Waals surface area contributed by atoms with Crippen LogP contribution in [0.25, 0.3) is 0 Å². The molecule has 2 N–H and O–H groups in total. The Morgan fingerprint density at radius 2 is 2.39 bits per heavy atom. The lowest BCUT2D eigenvalue weighted by Crippen LogP contribution is -2.41. The Kier molecular flexibility index (Phi) is 5.07. The Morgan fingerprint density at radius 1 is 1.67 bits per heavy atom. The van der Waals surface area contributed by atoms with Crippen molar-refractivity contribution in [3.05, 3.63) is 18.0 Å². The van der Waals surface area contributed by atoms with E-state index >= 15 is 0 Å². The highest BCUT2D eigenvalue weighted by atomic mass is 32.2. The largest absolute Gasteiger partial charge is 0.480 e. The van der Waals surface area contributed by atoms with Crippen LogP contribution < -0.4 is 5.32 Å². The van der Waals surface area contributed by atoms with E-state index in [1.807, 2.05) is 6.07 Å². The molecule has 94 valence electrons. The number of thioether (sulfide) groups is 1. The van der Waals surface area contributed by atoms with Crippen LogP contribution in [0.1, 0.15) is 12.6 Å². The van der Waals surface area contributed by atoms with Gasteiger partial charge in [-0.15, -0.1) is 0 Å². The number of carbonyl (C=O) groups excluding carboxylic acids is 1. The lowest BCUT2D eigenvalue weighted by molar-refractivity contribution is -0.140. The fourth-order valence-electron chi connectivity index (χ4n) is 1.05. The second-order valence-corrected chi connectivity index (χ2v) is 4.23. The zero-order valence-corrected chi connectivity index (χ0v) is 10.3. The predicted molar refractivity (Wildman–Crippen MR) is 62.7 cm³/mol. The molecule has 8 heteroatoms. The highest BCUT2D eigenvalue weighted by Crippen LogP contribution is 2.13. The molecule has 1 atom stereocenters. The minimum atomic E-state index is -1.13. The van der Waals surface area contributed by atoms with Crippen LogP contribution in [0.4, 0.5) is 0 Å².